The van der Waals surface area contributed by atoms with Crippen molar-refractivity contribution in [2.24, 2.45) is 5.73 Å². The predicted molar refractivity (Wildman–Crippen MR) is 114 cm³/mol. The summed E-state index contributed by atoms with van der Waals surface area (Å²) in [5.74, 6) is -1.30. The number of nitrogens with zero attached hydrogens (tertiary/aromatic N) is 3. The first-order valence-corrected chi connectivity index (χ1v) is 10.1. The van der Waals surface area contributed by atoms with Gasteiger partial charge in [-0.1, -0.05) is 0 Å². The molecule has 3 N–H and O–H groups in total. The molecule has 0 spiro atoms. The normalized spacial score (nSPS) is 13.4. The van der Waals surface area contributed by atoms with Crippen molar-refractivity contribution < 1.29 is 19.1 Å². The fourth-order valence-electron chi connectivity index (χ4n) is 3.30. The Labute approximate surface area is 178 Å². The molecular weight excluding hydrogens is 398 g/mol. The molecule has 1 aliphatic carbocycles. The number of amides is 2. The van der Waals surface area contributed by atoms with Crippen LogP contribution in [0.4, 0.5) is 5.69 Å². The summed E-state index contributed by atoms with van der Waals surface area (Å²) in [6.07, 6.45) is 3.69. The standard InChI is InChI=1S/C22H23N5O4/c1-12(2)27-21-17(10-24-27)16(9-18(26-21)13-3-4-13)22(30)31-11-19(28)25-15-7-5-14(6-8-15)20(23)29/h5-10,12-13H,3-4,11H2,1-2H3,(H2,23,29)(H,25,28). The Kier molecular flexibility index (Phi) is 5.41. The number of hydrogen-bond donors (Lipinski definition) is 2. The third kappa shape index (κ3) is 4.40. The summed E-state index contributed by atoms with van der Waals surface area (Å²) in [6, 6.07) is 7.94. The van der Waals surface area contributed by atoms with E-state index >= 15 is 0 Å². The molecule has 0 bridgehead atoms. The maximum Gasteiger partial charge on any atom is 0.339 e. The van der Waals surface area contributed by atoms with Gasteiger partial charge >= 0.3 is 5.97 Å². The van der Waals surface area contributed by atoms with Crippen LogP contribution >= 0.6 is 0 Å². The van der Waals surface area contributed by atoms with Gasteiger partial charge in [0.25, 0.3) is 5.91 Å². The van der Waals surface area contributed by atoms with Crippen molar-refractivity contribution in [2.45, 2.75) is 38.6 Å². The smallest absolute Gasteiger partial charge is 0.339 e. The van der Waals surface area contributed by atoms with Gasteiger partial charge in [0.1, 0.15) is 0 Å². The highest BCUT2D eigenvalue weighted by Gasteiger charge is 2.28. The second-order valence-electron chi connectivity index (χ2n) is 7.86. The van der Waals surface area contributed by atoms with Crippen LogP contribution in [0.2, 0.25) is 0 Å². The zero-order valence-electron chi connectivity index (χ0n) is 17.3. The number of rotatable bonds is 7. The minimum atomic E-state index is -0.600. The monoisotopic (exact) mass is 421 g/mol. The lowest BCUT2D eigenvalue weighted by molar-refractivity contribution is -0.119. The summed E-state index contributed by atoms with van der Waals surface area (Å²) < 4.78 is 7.05. The molecule has 0 saturated heterocycles. The van der Waals surface area contributed by atoms with E-state index in [1.807, 2.05) is 13.8 Å². The molecule has 2 amide bonds. The number of aromatic nitrogens is 3. The van der Waals surface area contributed by atoms with Gasteiger partial charge in [0.05, 0.1) is 17.1 Å². The fourth-order valence-corrected chi connectivity index (χ4v) is 3.30. The molecule has 160 valence electrons. The van der Waals surface area contributed by atoms with Gasteiger partial charge in [-0.25, -0.2) is 14.5 Å². The van der Waals surface area contributed by atoms with Crippen LogP contribution in [-0.4, -0.2) is 39.2 Å². The van der Waals surface area contributed by atoms with Crippen LogP contribution in [-0.2, 0) is 9.53 Å². The van der Waals surface area contributed by atoms with Gasteiger partial charge in [-0.15, -0.1) is 0 Å². The van der Waals surface area contributed by atoms with E-state index in [0.717, 1.165) is 18.5 Å². The molecular formula is C22H23N5O4. The molecule has 2 heterocycles. The van der Waals surface area contributed by atoms with Gasteiger partial charge < -0.3 is 15.8 Å². The van der Waals surface area contributed by atoms with Gasteiger partial charge in [-0.05, 0) is 57.0 Å². The van der Waals surface area contributed by atoms with Crippen molar-refractivity contribution in [3.8, 4) is 0 Å². The molecule has 0 atom stereocenters. The number of esters is 1. The number of hydrogen-bond acceptors (Lipinski definition) is 6. The summed E-state index contributed by atoms with van der Waals surface area (Å²) in [5.41, 5.74) is 7.85. The number of nitrogens with one attached hydrogen (secondary N) is 1. The Bertz CT molecular complexity index is 1160. The molecule has 0 radical (unpaired) electrons. The average molecular weight is 421 g/mol. The Morgan fingerprint density at radius 2 is 1.94 bits per heavy atom. The summed E-state index contributed by atoms with van der Waals surface area (Å²) >= 11 is 0. The zero-order chi connectivity index (χ0) is 22.1. The number of fused-ring (bicyclic) bond motifs is 1. The van der Waals surface area contributed by atoms with Gasteiger partial charge in [0.2, 0.25) is 5.91 Å². The number of carbonyl (C=O) groups is 3. The first-order chi connectivity index (χ1) is 14.8. The minimum absolute atomic E-state index is 0.0926. The van der Waals surface area contributed by atoms with Crippen LogP contribution in [0, 0.1) is 0 Å². The van der Waals surface area contributed by atoms with Crippen LogP contribution in [0.1, 0.15) is 65.1 Å². The summed E-state index contributed by atoms with van der Waals surface area (Å²) in [7, 11) is 0. The van der Waals surface area contributed by atoms with Crippen LogP contribution in [0.3, 0.4) is 0 Å². The van der Waals surface area contributed by atoms with Crippen molar-refractivity contribution in [1.29, 1.82) is 0 Å². The molecule has 9 nitrogen and oxygen atoms in total. The van der Waals surface area contributed by atoms with E-state index in [-0.39, 0.29) is 6.04 Å². The van der Waals surface area contributed by atoms with E-state index in [4.69, 9.17) is 15.5 Å². The number of benzene rings is 1. The highest BCUT2D eigenvalue weighted by atomic mass is 16.5. The van der Waals surface area contributed by atoms with E-state index in [2.05, 4.69) is 10.4 Å². The van der Waals surface area contributed by atoms with Crippen molar-refractivity contribution in [3.05, 3.63) is 53.3 Å². The molecule has 9 heteroatoms. The van der Waals surface area contributed by atoms with Gasteiger partial charge in [-0.3, -0.25) is 9.59 Å². The maximum absolute atomic E-state index is 12.8. The van der Waals surface area contributed by atoms with Crippen LogP contribution < -0.4 is 11.1 Å². The number of pyridine rings is 1. The predicted octanol–water partition coefficient (Wildman–Crippen LogP) is 2.78. The van der Waals surface area contributed by atoms with Crippen molar-refractivity contribution in [2.75, 3.05) is 11.9 Å². The molecule has 1 fully saturated rings. The Morgan fingerprint density at radius 1 is 1.23 bits per heavy atom. The lowest BCUT2D eigenvalue weighted by Gasteiger charge is -2.10. The minimum Gasteiger partial charge on any atom is -0.452 e. The highest BCUT2D eigenvalue weighted by molar-refractivity contribution is 6.04. The number of primary amides is 1. The van der Waals surface area contributed by atoms with Crippen molar-refractivity contribution in [1.82, 2.24) is 14.8 Å². The van der Waals surface area contributed by atoms with E-state index in [1.165, 1.54) is 12.1 Å². The lowest BCUT2D eigenvalue weighted by Crippen LogP contribution is -2.21. The molecule has 1 aromatic carbocycles. The number of carbonyl (C=O) groups excluding carboxylic acids is 3. The first kappa shape index (κ1) is 20.5. The molecule has 0 aliphatic heterocycles. The van der Waals surface area contributed by atoms with E-state index < -0.39 is 24.4 Å². The van der Waals surface area contributed by atoms with Gasteiger partial charge in [-0.2, -0.15) is 5.10 Å². The Hall–Kier alpha value is -3.75. The first-order valence-electron chi connectivity index (χ1n) is 10.1. The molecule has 1 aliphatic rings. The number of nitrogens with two attached hydrogens (primary N) is 1. The summed E-state index contributed by atoms with van der Waals surface area (Å²) in [4.78, 5) is 40.8. The van der Waals surface area contributed by atoms with Gasteiger partial charge in [0, 0.05) is 28.9 Å². The molecule has 4 rings (SSSR count). The van der Waals surface area contributed by atoms with Crippen LogP contribution in [0.15, 0.2) is 36.5 Å². The third-order valence-corrected chi connectivity index (χ3v) is 5.08. The van der Waals surface area contributed by atoms with Crippen molar-refractivity contribution in [3.63, 3.8) is 0 Å². The van der Waals surface area contributed by atoms with E-state index in [9.17, 15) is 14.4 Å². The SMILES string of the molecule is CC(C)n1ncc2c(C(=O)OCC(=O)Nc3ccc(C(N)=O)cc3)cc(C3CC3)nc21. The second kappa shape index (κ2) is 8.17. The third-order valence-electron chi connectivity index (χ3n) is 5.08. The number of ether oxygens (including phenoxy) is 1. The van der Waals surface area contributed by atoms with Crippen LogP contribution in [0.5, 0.6) is 0 Å². The number of anilines is 1. The topological polar surface area (TPSA) is 129 Å². The summed E-state index contributed by atoms with van der Waals surface area (Å²) in [5, 5.41) is 7.58. The second-order valence-corrected chi connectivity index (χ2v) is 7.86. The highest BCUT2D eigenvalue weighted by Crippen LogP contribution is 2.40. The Morgan fingerprint density at radius 3 is 2.55 bits per heavy atom. The molecule has 3 aromatic rings. The lowest BCUT2D eigenvalue weighted by atomic mass is 10.1. The van der Waals surface area contributed by atoms with E-state index in [1.54, 1.807) is 29.1 Å². The average Bonchev–Trinajstić information content (AvgIpc) is 3.50. The van der Waals surface area contributed by atoms with E-state index in [0.29, 0.717) is 33.8 Å². The Balaban J connectivity index is 1.48. The van der Waals surface area contributed by atoms with Crippen molar-refractivity contribution >= 4 is 34.5 Å². The molecule has 0 unspecified atom stereocenters. The molecule has 2 aromatic heterocycles. The molecule has 31 heavy (non-hydrogen) atoms. The van der Waals surface area contributed by atoms with Crippen LogP contribution in [0.25, 0.3) is 11.0 Å². The van der Waals surface area contributed by atoms with Gasteiger partial charge in [0.15, 0.2) is 12.3 Å². The zero-order valence-corrected chi connectivity index (χ0v) is 17.3. The summed E-state index contributed by atoms with van der Waals surface area (Å²) in [6.45, 7) is 3.55. The maximum atomic E-state index is 12.8. The quantitative estimate of drug-likeness (QED) is 0.564. The largest absolute Gasteiger partial charge is 0.452 e. The fraction of sp³-hybridized carbons (Fsp3) is 0.318. The molecule has 1 saturated carbocycles.